The smallest absolute Gasteiger partial charge is 0.227 e. The van der Waals surface area contributed by atoms with Crippen molar-refractivity contribution in [3.05, 3.63) is 64.7 Å². The minimum atomic E-state index is -0.209. The van der Waals surface area contributed by atoms with Gasteiger partial charge in [0.15, 0.2) is 11.6 Å². The zero-order valence-electron chi connectivity index (χ0n) is 12.5. The van der Waals surface area contributed by atoms with E-state index in [4.69, 9.17) is 0 Å². The summed E-state index contributed by atoms with van der Waals surface area (Å²) in [5, 5.41) is 2.84. The highest BCUT2D eigenvalue weighted by molar-refractivity contribution is 6.30. The number of anilines is 1. The zero-order chi connectivity index (χ0) is 16.0. The summed E-state index contributed by atoms with van der Waals surface area (Å²) in [5.74, 6) is -0.425. The lowest BCUT2D eigenvalue weighted by molar-refractivity contribution is -0.122. The number of benzene rings is 2. The van der Waals surface area contributed by atoms with Gasteiger partial charge in [-0.05, 0) is 18.9 Å². The Morgan fingerprint density at radius 1 is 0.870 bits per heavy atom. The van der Waals surface area contributed by atoms with E-state index >= 15 is 0 Å². The second-order valence-corrected chi connectivity index (χ2v) is 6.05. The Bertz CT molecular complexity index is 849. The van der Waals surface area contributed by atoms with Gasteiger partial charge in [0.2, 0.25) is 5.91 Å². The van der Waals surface area contributed by atoms with Crippen molar-refractivity contribution >= 4 is 23.2 Å². The lowest BCUT2D eigenvalue weighted by atomic mass is 9.82. The number of nitrogens with one attached hydrogen (secondary N) is 1. The van der Waals surface area contributed by atoms with Crippen molar-refractivity contribution in [3.63, 3.8) is 0 Å². The summed E-state index contributed by atoms with van der Waals surface area (Å²) in [6, 6.07) is 11.8. The minimum absolute atomic E-state index is 0.0209. The number of hydrogen-bond donors (Lipinski definition) is 1. The second kappa shape index (κ2) is 5.16. The van der Waals surface area contributed by atoms with Crippen molar-refractivity contribution in [2.24, 2.45) is 5.92 Å². The van der Waals surface area contributed by atoms with Gasteiger partial charge in [-0.2, -0.15) is 0 Å². The molecule has 2 aromatic carbocycles. The predicted octanol–water partition coefficient (Wildman–Crippen LogP) is 3.20. The number of rotatable bonds is 2. The van der Waals surface area contributed by atoms with E-state index in [2.05, 4.69) is 5.32 Å². The molecule has 114 valence electrons. The van der Waals surface area contributed by atoms with Crippen molar-refractivity contribution in [1.82, 2.24) is 0 Å². The molecule has 1 saturated carbocycles. The molecule has 23 heavy (non-hydrogen) atoms. The molecule has 1 fully saturated rings. The summed E-state index contributed by atoms with van der Waals surface area (Å²) in [6.07, 6.45) is 2.84. The third kappa shape index (κ3) is 2.10. The van der Waals surface area contributed by atoms with Crippen LogP contribution in [0, 0.1) is 5.92 Å². The van der Waals surface area contributed by atoms with Crippen molar-refractivity contribution in [1.29, 1.82) is 0 Å². The average Bonchev–Trinajstić information content (AvgIpc) is 2.51. The molecule has 0 unspecified atom stereocenters. The Morgan fingerprint density at radius 2 is 1.52 bits per heavy atom. The molecule has 0 aromatic heterocycles. The second-order valence-electron chi connectivity index (χ2n) is 6.05. The quantitative estimate of drug-likeness (QED) is 0.791. The molecule has 0 bridgehead atoms. The Morgan fingerprint density at radius 3 is 2.17 bits per heavy atom. The van der Waals surface area contributed by atoms with Gasteiger partial charge in [-0.1, -0.05) is 42.8 Å². The van der Waals surface area contributed by atoms with Crippen LogP contribution in [0.4, 0.5) is 5.69 Å². The fourth-order valence-electron chi connectivity index (χ4n) is 3.15. The molecule has 0 heterocycles. The van der Waals surface area contributed by atoms with E-state index in [0.29, 0.717) is 27.9 Å². The van der Waals surface area contributed by atoms with Gasteiger partial charge in [0.05, 0.1) is 11.3 Å². The highest BCUT2D eigenvalue weighted by atomic mass is 16.2. The number of carbonyl (C=O) groups excluding carboxylic acids is 3. The van der Waals surface area contributed by atoms with E-state index in [0.717, 1.165) is 19.3 Å². The molecule has 0 radical (unpaired) electrons. The van der Waals surface area contributed by atoms with Crippen LogP contribution in [-0.2, 0) is 4.79 Å². The van der Waals surface area contributed by atoms with Gasteiger partial charge in [0.1, 0.15) is 0 Å². The Balaban J connectivity index is 1.78. The predicted molar refractivity (Wildman–Crippen MR) is 85.7 cm³/mol. The highest BCUT2D eigenvalue weighted by Gasteiger charge is 2.32. The number of ketones is 2. The summed E-state index contributed by atoms with van der Waals surface area (Å²) in [7, 11) is 0. The molecule has 1 amide bonds. The molecular weight excluding hydrogens is 290 g/mol. The summed E-state index contributed by atoms with van der Waals surface area (Å²) in [4.78, 5) is 37.6. The molecule has 2 aliphatic rings. The first kappa shape index (κ1) is 13.9. The Labute approximate surface area is 133 Å². The Kier molecular flexibility index (Phi) is 3.11. The third-order valence-corrected chi connectivity index (χ3v) is 4.69. The van der Waals surface area contributed by atoms with Crippen LogP contribution in [0.25, 0.3) is 0 Å². The molecule has 4 heteroatoms. The maximum absolute atomic E-state index is 12.8. The number of fused-ring (bicyclic) bond motifs is 2. The standard InChI is InChI=1S/C19H15NO3/c21-17-12-7-1-2-8-13(12)18(22)16-14(17)9-4-10-15(16)20-19(23)11-5-3-6-11/h1-2,4,7-11H,3,5-6H2,(H,20,23). The zero-order valence-corrected chi connectivity index (χ0v) is 12.5. The van der Waals surface area contributed by atoms with E-state index in [1.165, 1.54) is 0 Å². The van der Waals surface area contributed by atoms with Crippen LogP contribution in [0.15, 0.2) is 42.5 Å². The van der Waals surface area contributed by atoms with Gasteiger partial charge in [-0.25, -0.2) is 0 Å². The summed E-state index contributed by atoms with van der Waals surface area (Å²) >= 11 is 0. The van der Waals surface area contributed by atoms with Gasteiger partial charge in [-0.15, -0.1) is 0 Å². The van der Waals surface area contributed by atoms with Gasteiger partial charge < -0.3 is 5.32 Å². The van der Waals surface area contributed by atoms with Crippen LogP contribution in [-0.4, -0.2) is 17.5 Å². The molecule has 0 saturated heterocycles. The van der Waals surface area contributed by atoms with E-state index in [-0.39, 0.29) is 23.4 Å². The monoisotopic (exact) mass is 305 g/mol. The molecular formula is C19H15NO3. The van der Waals surface area contributed by atoms with Crippen LogP contribution in [0.1, 0.15) is 51.1 Å². The van der Waals surface area contributed by atoms with Crippen molar-refractivity contribution in [2.45, 2.75) is 19.3 Å². The molecule has 2 aromatic rings. The fourth-order valence-corrected chi connectivity index (χ4v) is 3.15. The SMILES string of the molecule is O=C1c2ccccc2C(=O)c2c(NC(=O)C3CCC3)cccc21. The molecule has 4 nitrogen and oxygen atoms in total. The number of hydrogen-bond acceptors (Lipinski definition) is 3. The minimum Gasteiger partial charge on any atom is -0.325 e. The van der Waals surface area contributed by atoms with Crippen molar-refractivity contribution < 1.29 is 14.4 Å². The van der Waals surface area contributed by atoms with Gasteiger partial charge in [0.25, 0.3) is 0 Å². The lowest BCUT2D eigenvalue weighted by Crippen LogP contribution is -2.30. The molecule has 4 rings (SSSR count). The molecule has 1 N–H and O–H groups in total. The topological polar surface area (TPSA) is 63.2 Å². The van der Waals surface area contributed by atoms with E-state index in [1.807, 2.05) is 0 Å². The average molecular weight is 305 g/mol. The highest BCUT2D eigenvalue weighted by Crippen LogP contribution is 2.33. The number of amides is 1. The van der Waals surface area contributed by atoms with Crippen LogP contribution < -0.4 is 5.32 Å². The normalized spacial score (nSPS) is 16.3. The van der Waals surface area contributed by atoms with Crippen molar-refractivity contribution in [3.8, 4) is 0 Å². The maximum atomic E-state index is 12.8. The largest absolute Gasteiger partial charge is 0.325 e. The number of carbonyl (C=O) groups is 3. The summed E-state index contributed by atoms with van der Waals surface area (Å²) in [5.41, 5.74) is 1.93. The lowest BCUT2D eigenvalue weighted by Gasteiger charge is -2.25. The summed E-state index contributed by atoms with van der Waals surface area (Å²) in [6.45, 7) is 0. The van der Waals surface area contributed by atoms with Crippen molar-refractivity contribution in [2.75, 3.05) is 5.32 Å². The van der Waals surface area contributed by atoms with E-state index < -0.39 is 0 Å². The third-order valence-electron chi connectivity index (χ3n) is 4.69. The first-order valence-corrected chi connectivity index (χ1v) is 7.79. The van der Waals surface area contributed by atoms with Crippen LogP contribution in [0.2, 0.25) is 0 Å². The van der Waals surface area contributed by atoms with Gasteiger partial charge in [0, 0.05) is 22.6 Å². The van der Waals surface area contributed by atoms with Crippen LogP contribution >= 0.6 is 0 Å². The van der Waals surface area contributed by atoms with E-state index in [1.54, 1.807) is 42.5 Å². The fraction of sp³-hybridized carbons (Fsp3) is 0.211. The Hall–Kier alpha value is -2.75. The molecule has 2 aliphatic carbocycles. The van der Waals surface area contributed by atoms with Gasteiger partial charge >= 0.3 is 0 Å². The molecule has 0 aliphatic heterocycles. The first-order chi connectivity index (χ1) is 11.2. The van der Waals surface area contributed by atoms with Crippen LogP contribution in [0.5, 0.6) is 0 Å². The van der Waals surface area contributed by atoms with Crippen LogP contribution in [0.3, 0.4) is 0 Å². The maximum Gasteiger partial charge on any atom is 0.227 e. The van der Waals surface area contributed by atoms with E-state index in [9.17, 15) is 14.4 Å². The first-order valence-electron chi connectivity index (χ1n) is 7.79. The summed E-state index contributed by atoms with van der Waals surface area (Å²) < 4.78 is 0. The molecule has 0 atom stereocenters. The molecule has 0 spiro atoms. The van der Waals surface area contributed by atoms with Gasteiger partial charge in [-0.3, -0.25) is 14.4 Å².